The van der Waals surface area contributed by atoms with Crippen molar-refractivity contribution >= 4 is 16.8 Å². The van der Waals surface area contributed by atoms with Gasteiger partial charge in [0.2, 0.25) is 0 Å². The summed E-state index contributed by atoms with van der Waals surface area (Å²) in [6.07, 6.45) is 0.967. The second kappa shape index (κ2) is 7.50. The highest BCUT2D eigenvalue weighted by atomic mass is 19.1. The monoisotopic (exact) mass is 366 g/mol. The van der Waals surface area contributed by atoms with Crippen LogP contribution in [0.3, 0.4) is 0 Å². The van der Waals surface area contributed by atoms with E-state index in [1.165, 1.54) is 12.1 Å². The molecule has 0 aliphatic carbocycles. The number of halogens is 1. The van der Waals surface area contributed by atoms with Crippen molar-refractivity contribution in [3.63, 3.8) is 0 Å². The van der Waals surface area contributed by atoms with Gasteiger partial charge in [-0.1, -0.05) is 30.3 Å². The summed E-state index contributed by atoms with van der Waals surface area (Å²) in [7, 11) is 0. The van der Waals surface area contributed by atoms with Crippen LogP contribution in [0.4, 0.5) is 4.39 Å². The molecule has 0 radical (unpaired) electrons. The highest BCUT2D eigenvalue weighted by Crippen LogP contribution is 2.32. The number of nitrogens with two attached hydrogens (primary N) is 1. The Balaban J connectivity index is 1.62. The Morgan fingerprint density at radius 3 is 2.70 bits per heavy atom. The Morgan fingerprint density at radius 2 is 1.96 bits per heavy atom. The molecule has 140 valence electrons. The number of benzene rings is 2. The number of nitrogens with one attached hydrogen (secondary N) is 3. The number of carbonyl (C=O) groups excluding carboxylic acids is 1. The topological polar surface area (TPSA) is 82.9 Å². The van der Waals surface area contributed by atoms with Gasteiger partial charge in [0.1, 0.15) is 11.5 Å². The zero-order chi connectivity index (χ0) is 18.8. The van der Waals surface area contributed by atoms with Crippen molar-refractivity contribution in [3.8, 4) is 11.1 Å². The molecule has 5 N–H and O–H groups in total. The van der Waals surface area contributed by atoms with Crippen LogP contribution in [0.5, 0.6) is 0 Å². The number of H-pyrrole nitrogens is 1. The molecule has 4 rings (SSSR count). The van der Waals surface area contributed by atoms with Crippen molar-refractivity contribution in [2.75, 3.05) is 19.6 Å². The fourth-order valence-corrected chi connectivity index (χ4v) is 3.77. The lowest BCUT2D eigenvalue weighted by atomic mass is 10.0. The van der Waals surface area contributed by atoms with Crippen molar-refractivity contribution in [2.45, 2.75) is 12.5 Å². The minimum Gasteiger partial charge on any atom is -0.350 e. The maximum absolute atomic E-state index is 13.4. The first kappa shape index (κ1) is 17.7. The molecule has 2 heterocycles. The van der Waals surface area contributed by atoms with E-state index in [-0.39, 0.29) is 17.8 Å². The van der Waals surface area contributed by atoms with Gasteiger partial charge in [-0.3, -0.25) is 4.79 Å². The van der Waals surface area contributed by atoms with E-state index in [1.807, 2.05) is 24.3 Å². The minimum atomic E-state index is -0.300. The van der Waals surface area contributed by atoms with E-state index in [9.17, 15) is 9.18 Å². The summed E-state index contributed by atoms with van der Waals surface area (Å²) in [4.78, 5) is 16.1. The molecule has 1 aliphatic rings. The third-order valence-electron chi connectivity index (χ3n) is 5.22. The Labute approximate surface area is 157 Å². The number of fused-ring (bicyclic) bond motifs is 1. The van der Waals surface area contributed by atoms with Gasteiger partial charge < -0.3 is 21.4 Å². The summed E-state index contributed by atoms with van der Waals surface area (Å²) < 4.78 is 13.4. The fraction of sp³-hybridized carbons (Fsp3) is 0.286. The normalized spacial score (nSPS) is 19.5. The van der Waals surface area contributed by atoms with Gasteiger partial charge >= 0.3 is 0 Å². The third kappa shape index (κ3) is 3.59. The van der Waals surface area contributed by atoms with Crippen molar-refractivity contribution in [2.24, 2.45) is 11.7 Å². The minimum absolute atomic E-state index is 0.163. The second-order valence-corrected chi connectivity index (χ2v) is 7.08. The van der Waals surface area contributed by atoms with Crippen LogP contribution in [-0.2, 0) is 0 Å². The maximum Gasteiger partial charge on any atom is 0.268 e. The first-order chi connectivity index (χ1) is 13.2. The number of amides is 1. The molecule has 27 heavy (non-hydrogen) atoms. The van der Waals surface area contributed by atoms with Gasteiger partial charge in [-0.25, -0.2) is 4.39 Å². The van der Waals surface area contributed by atoms with Gasteiger partial charge in [-0.15, -0.1) is 0 Å². The molecule has 3 aromatic rings. The average Bonchev–Trinajstić information content (AvgIpc) is 3.31. The first-order valence-corrected chi connectivity index (χ1v) is 9.24. The Morgan fingerprint density at radius 1 is 1.19 bits per heavy atom. The van der Waals surface area contributed by atoms with Crippen LogP contribution in [0.25, 0.3) is 22.0 Å². The number of carbonyl (C=O) groups is 1. The standard InChI is InChI=1S/C21H23FN4O/c22-15-7-5-14(6-8-15)19-17-3-1-2-4-18(17)26-20(19)21(27)25-12-16-9-13(10-23)11-24-16/h1-8,13,16,24,26H,9-12,23H2,(H,25,27)/t13-,16?/m0/s1. The quantitative estimate of drug-likeness (QED) is 0.560. The Bertz CT molecular complexity index is 950. The first-order valence-electron chi connectivity index (χ1n) is 9.24. The number of hydrogen-bond acceptors (Lipinski definition) is 3. The van der Waals surface area contributed by atoms with E-state index in [4.69, 9.17) is 5.73 Å². The van der Waals surface area contributed by atoms with Crippen molar-refractivity contribution in [1.82, 2.24) is 15.6 Å². The highest BCUT2D eigenvalue weighted by molar-refractivity contribution is 6.09. The van der Waals surface area contributed by atoms with Crippen LogP contribution in [0.2, 0.25) is 0 Å². The zero-order valence-electron chi connectivity index (χ0n) is 15.0. The molecule has 2 aromatic carbocycles. The number of rotatable bonds is 5. The molecule has 1 fully saturated rings. The van der Waals surface area contributed by atoms with Gasteiger partial charge in [0.15, 0.2) is 0 Å². The third-order valence-corrected chi connectivity index (χ3v) is 5.22. The summed E-state index contributed by atoms with van der Waals surface area (Å²) in [5.74, 6) is 0.00429. The number of para-hydroxylation sites is 1. The molecule has 5 nitrogen and oxygen atoms in total. The van der Waals surface area contributed by atoms with Crippen molar-refractivity contribution in [3.05, 3.63) is 60.0 Å². The molecule has 0 saturated carbocycles. The maximum atomic E-state index is 13.4. The molecule has 1 saturated heterocycles. The molecule has 2 atom stereocenters. The van der Waals surface area contributed by atoms with Crippen LogP contribution in [0.1, 0.15) is 16.9 Å². The number of hydrogen-bond donors (Lipinski definition) is 4. The summed E-state index contributed by atoms with van der Waals surface area (Å²) >= 11 is 0. The highest BCUT2D eigenvalue weighted by Gasteiger charge is 2.24. The lowest BCUT2D eigenvalue weighted by Crippen LogP contribution is -2.37. The molecular weight excluding hydrogens is 343 g/mol. The molecule has 6 heteroatoms. The summed E-state index contributed by atoms with van der Waals surface area (Å²) in [6.45, 7) is 2.10. The van der Waals surface area contributed by atoms with E-state index in [0.29, 0.717) is 24.7 Å². The lowest BCUT2D eigenvalue weighted by molar-refractivity contribution is 0.0946. The molecular formula is C21H23FN4O. The van der Waals surface area contributed by atoms with Crippen LogP contribution in [-0.4, -0.2) is 36.6 Å². The van der Waals surface area contributed by atoms with Crippen LogP contribution < -0.4 is 16.4 Å². The van der Waals surface area contributed by atoms with Gasteiger partial charge in [-0.2, -0.15) is 0 Å². The van der Waals surface area contributed by atoms with E-state index in [2.05, 4.69) is 15.6 Å². The lowest BCUT2D eigenvalue weighted by Gasteiger charge is -2.12. The van der Waals surface area contributed by atoms with Gasteiger partial charge in [-0.05, 0) is 49.2 Å². The van der Waals surface area contributed by atoms with E-state index >= 15 is 0 Å². The largest absolute Gasteiger partial charge is 0.350 e. The molecule has 1 unspecified atom stereocenters. The van der Waals surface area contributed by atoms with Crippen LogP contribution in [0.15, 0.2) is 48.5 Å². The van der Waals surface area contributed by atoms with Gasteiger partial charge in [0.25, 0.3) is 5.91 Å². The Hall–Kier alpha value is -2.70. The second-order valence-electron chi connectivity index (χ2n) is 7.08. The van der Waals surface area contributed by atoms with Crippen molar-refractivity contribution in [1.29, 1.82) is 0 Å². The fourth-order valence-electron chi connectivity index (χ4n) is 3.77. The van der Waals surface area contributed by atoms with Gasteiger partial charge in [0.05, 0.1) is 0 Å². The zero-order valence-corrected chi connectivity index (χ0v) is 15.0. The van der Waals surface area contributed by atoms with E-state index in [0.717, 1.165) is 35.0 Å². The summed E-state index contributed by atoms with van der Waals surface area (Å²) in [5.41, 5.74) is 8.70. The predicted octanol–water partition coefficient (Wildman–Crippen LogP) is 2.64. The predicted molar refractivity (Wildman–Crippen MR) is 105 cm³/mol. The van der Waals surface area contributed by atoms with Crippen LogP contribution in [0, 0.1) is 11.7 Å². The van der Waals surface area contributed by atoms with Crippen LogP contribution >= 0.6 is 0 Å². The molecule has 0 bridgehead atoms. The number of aromatic nitrogens is 1. The molecule has 1 amide bonds. The summed E-state index contributed by atoms with van der Waals surface area (Å²) in [5, 5.41) is 7.36. The van der Waals surface area contributed by atoms with E-state index < -0.39 is 0 Å². The Kier molecular flexibility index (Phi) is 4.92. The summed E-state index contributed by atoms with van der Waals surface area (Å²) in [6, 6.07) is 14.2. The average molecular weight is 366 g/mol. The SMILES string of the molecule is NC[C@H]1CNC(CNC(=O)c2[nH]c3ccccc3c2-c2ccc(F)cc2)C1. The number of aromatic amines is 1. The smallest absolute Gasteiger partial charge is 0.268 e. The molecule has 1 aliphatic heterocycles. The van der Waals surface area contributed by atoms with Gasteiger partial charge in [0, 0.05) is 29.1 Å². The molecule has 1 aromatic heterocycles. The van der Waals surface area contributed by atoms with E-state index in [1.54, 1.807) is 12.1 Å². The molecule has 0 spiro atoms. The van der Waals surface area contributed by atoms with Crippen molar-refractivity contribution < 1.29 is 9.18 Å².